The lowest BCUT2D eigenvalue weighted by Gasteiger charge is -2.25. The molecule has 0 saturated carbocycles. The molecule has 0 aliphatic carbocycles. The smallest absolute Gasteiger partial charge is 0.337 e. The van der Waals surface area contributed by atoms with Crippen molar-refractivity contribution in [2.45, 2.75) is 37.3 Å². The van der Waals surface area contributed by atoms with Crippen molar-refractivity contribution in [1.82, 2.24) is 9.71 Å². The molecule has 0 aliphatic rings. The molecule has 0 aliphatic heterocycles. The molecule has 0 unspecified atom stereocenters. The average Bonchev–Trinajstić information content (AvgIpc) is 2.45. The predicted molar refractivity (Wildman–Crippen MR) is 71.9 cm³/mol. The number of pyridine rings is 1. The molecule has 0 aromatic carbocycles. The molecule has 3 N–H and O–H groups in total. The first-order valence-electron chi connectivity index (χ1n) is 6.15. The van der Waals surface area contributed by atoms with Gasteiger partial charge in [-0.2, -0.15) is 0 Å². The van der Waals surface area contributed by atoms with E-state index in [1.54, 1.807) is 13.8 Å². The van der Waals surface area contributed by atoms with Gasteiger partial charge in [-0.25, -0.2) is 22.9 Å². The second kappa shape index (κ2) is 6.29. The number of aromatic carboxylic acids is 1. The van der Waals surface area contributed by atoms with E-state index in [9.17, 15) is 18.3 Å². The molecular formula is C12H18N2O5S. The molecule has 0 radical (unpaired) electrons. The van der Waals surface area contributed by atoms with Gasteiger partial charge in [-0.15, -0.1) is 0 Å². The number of rotatable bonds is 7. The Morgan fingerprint density at radius 3 is 2.35 bits per heavy atom. The zero-order valence-corrected chi connectivity index (χ0v) is 12.1. The van der Waals surface area contributed by atoms with Crippen LogP contribution in [0.5, 0.6) is 0 Å². The van der Waals surface area contributed by atoms with Crippen molar-refractivity contribution in [3.8, 4) is 0 Å². The van der Waals surface area contributed by atoms with Crippen LogP contribution in [-0.4, -0.2) is 41.7 Å². The summed E-state index contributed by atoms with van der Waals surface area (Å²) >= 11 is 0. The minimum Gasteiger partial charge on any atom is -0.478 e. The van der Waals surface area contributed by atoms with Gasteiger partial charge in [-0.05, 0) is 25.0 Å². The lowest BCUT2D eigenvalue weighted by Crippen LogP contribution is -2.42. The maximum Gasteiger partial charge on any atom is 0.337 e. The molecule has 112 valence electrons. The van der Waals surface area contributed by atoms with Crippen LogP contribution in [-0.2, 0) is 10.0 Å². The highest BCUT2D eigenvalue weighted by atomic mass is 32.2. The SMILES string of the molecule is CCC(O)(CC)CNS(=O)(=O)c1ccc(C(=O)O)cn1. The van der Waals surface area contributed by atoms with Crippen LogP contribution in [0.1, 0.15) is 37.0 Å². The Morgan fingerprint density at radius 1 is 1.35 bits per heavy atom. The second-order valence-electron chi connectivity index (χ2n) is 4.45. The van der Waals surface area contributed by atoms with Crippen LogP contribution < -0.4 is 4.72 Å². The monoisotopic (exact) mass is 302 g/mol. The Labute approximate surface area is 117 Å². The van der Waals surface area contributed by atoms with Crippen molar-refractivity contribution in [1.29, 1.82) is 0 Å². The number of hydrogen-bond acceptors (Lipinski definition) is 5. The fraction of sp³-hybridized carbons (Fsp3) is 0.500. The molecule has 1 rings (SSSR count). The lowest BCUT2D eigenvalue weighted by atomic mass is 9.98. The number of aromatic nitrogens is 1. The number of nitrogens with one attached hydrogen (secondary N) is 1. The molecular weight excluding hydrogens is 284 g/mol. The normalized spacial score (nSPS) is 12.3. The highest BCUT2D eigenvalue weighted by Gasteiger charge is 2.26. The molecule has 1 aromatic rings. The Morgan fingerprint density at radius 2 is 1.95 bits per heavy atom. The van der Waals surface area contributed by atoms with Gasteiger partial charge in [-0.3, -0.25) is 0 Å². The van der Waals surface area contributed by atoms with Gasteiger partial charge in [0.25, 0.3) is 10.0 Å². The van der Waals surface area contributed by atoms with E-state index in [0.29, 0.717) is 12.8 Å². The zero-order valence-electron chi connectivity index (χ0n) is 11.3. The highest BCUT2D eigenvalue weighted by Crippen LogP contribution is 2.14. The summed E-state index contributed by atoms with van der Waals surface area (Å²) in [6.07, 6.45) is 1.80. The Bertz CT molecular complexity index is 564. The Kier molecular flexibility index (Phi) is 5.21. The number of nitrogens with zero attached hydrogens (tertiary/aromatic N) is 1. The predicted octanol–water partition coefficient (Wildman–Crippen LogP) is 0.609. The zero-order chi connectivity index (χ0) is 15.4. The van der Waals surface area contributed by atoms with Gasteiger partial charge >= 0.3 is 5.97 Å². The molecule has 0 spiro atoms. The van der Waals surface area contributed by atoms with Crippen LogP contribution in [0.25, 0.3) is 0 Å². The summed E-state index contributed by atoms with van der Waals surface area (Å²) in [5, 5.41) is 18.5. The van der Waals surface area contributed by atoms with Crippen LogP contribution in [0.4, 0.5) is 0 Å². The summed E-state index contributed by atoms with van der Waals surface area (Å²) in [5.41, 5.74) is -1.20. The third kappa shape index (κ3) is 3.99. The number of carbonyl (C=O) groups is 1. The largest absolute Gasteiger partial charge is 0.478 e. The van der Waals surface area contributed by atoms with Crippen LogP contribution >= 0.6 is 0 Å². The van der Waals surface area contributed by atoms with Crippen LogP contribution in [0.3, 0.4) is 0 Å². The maximum atomic E-state index is 12.0. The van der Waals surface area contributed by atoms with Crippen LogP contribution in [0.15, 0.2) is 23.4 Å². The molecule has 8 heteroatoms. The molecule has 0 atom stereocenters. The molecule has 0 amide bonds. The number of carboxylic acids is 1. The van der Waals surface area contributed by atoms with E-state index in [4.69, 9.17) is 5.11 Å². The molecule has 0 saturated heterocycles. The fourth-order valence-electron chi connectivity index (χ4n) is 1.47. The first kappa shape index (κ1) is 16.5. The summed E-state index contributed by atoms with van der Waals surface area (Å²) < 4.78 is 26.2. The van der Waals surface area contributed by atoms with Gasteiger partial charge in [0.2, 0.25) is 0 Å². The van der Waals surface area contributed by atoms with E-state index in [1.807, 2.05) is 0 Å². The standard InChI is InChI=1S/C12H18N2O5S/c1-3-12(17,4-2)8-14-20(18,19)10-6-5-9(7-13-10)11(15)16/h5-7,14,17H,3-4,8H2,1-2H3,(H,15,16). The summed E-state index contributed by atoms with van der Waals surface area (Å²) in [4.78, 5) is 14.3. The number of sulfonamides is 1. The van der Waals surface area contributed by atoms with E-state index >= 15 is 0 Å². The third-order valence-electron chi connectivity index (χ3n) is 3.17. The number of aliphatic hydroxyl groups is 1. The van der Waals surface area contributed by atoms with Crippen molar-refractivity contribution in [2.24, 2.45) is 0 Å². The van der Waals surface area contributed by atoms with Gasteiger partial charge in [0.1, 0.15) is 0 Å². The van der Waals surface area contributed by atoms with E-state index in [1.165, 1.54) is 0 Å². The molecule has 1 aromatic heterocycles. The van der Waals surface area contributed by atoms with Crippen LogP contribution in [0.2, 0.25) is 0 Å². The fourth-order valence-corrected chi connectivity index (χ4v) is 2.51. The molecule has 1 heterocycles. The maximum absolute atomic E-state index is 12.0. The van der Waals surface area contributed by atoms with Gasteiger partial charge in [0.05, 0.1) is 11.2 Å². The summed E-state index contributed by atoms with van der Waals surface area (Å²) in [5.74, 6) is -1.18. The van der Waals surface area contributed by atoms with Gasteiger partial charge < -0.3 is 10.2 Å². The first-order valence-corrected chi connectivity index (χ1v) is 7.64. The van der Waals surface area contributed by atoms with E-state index in [-0.39, 0.29) is 17.1 Å². The number of hydrogen-bond donors (Lipinski definition) is 3. The summed E-state index contributed by atoms with van der Waals surface area (Å²) in [6.45, 7) is 3.40. The van der Waals surface area contributed by atoms with E-state index in [2.05, 4.69) is 9.71 Å². The van der Waals surface area contributed by atoms with Gasteiger partial charge in [-0.1, -0.05) is 13.8 Å². The molecule has 20 heavy (non-hydrogen) atoms. The quantitative estimate of drug-likeness (QED) is 0.679. The summed E-state index contributed by atoms with van der Waals surface area (Å²) in [7, 11) is -3.87. The average molecular weight is 302 g/mol. The first-order chi connectivity index (χ1) is 9.24. The Hall–Kier alpha value is -1.51. The van der Waals surface area contributed by atoms with Crippen LogP contribution in [0, 0.1) is 0 Å². The van der Waals surface area contributed by atoms with Crippen molar-refractivity contribution >= 4 is 16.0 Å². The lowest BCUT2D eigenvalue weighted by molar-refractivity contribution is 0.0377. The molecule has 0 fully saturated rings. The third-order valence-corrected chi connectivity index (χ3v) is 4.48. The molecule has 0 bridgehead atoms. The number of carboxylic acid groups (broad SMARTS) is 1. The van der Waals surface area contributed by atoms with E-state index in [0.717, 1.165) is 18.3 Å². The minimum absolute atomic E-state index is 0.0948. The van der Waals surface area contributed by atoms with E-state index < -0.39 is 21.6 Å². The second-order valence-corrected chi connectivity index (χ2v) is 6.16. The van der Waals surface area contributed by atoms with Crippen molar-refractivity contribution < 1.29 is 23.4 Å². The molecule has 7 nitrogen and oxygen atoms in total. The van der Waals surface area contributed by atoms with Crippen molar-refractivity contribution in [3.05, 3.63) is 23.9 Å². The highest BCUT2D eigenvalue weighted by molar-refractivity contribution is 7.89. The topological polar surface area (TPSA) is 117 Å². The summed E-state index contributed by atoms with van der Waals surface area (Å²) in [6, 6.07) is 2.28. The van der Waals surface area contributed by atoms with Gasteiger partial charge in [0, 0.05) is 12.7 Å². The minimum atomic E-state index is -3.87. The van der Waals surface area contributed by atoms with Crippen molar-refractivity contribution in [3.63, 3.8) is 0 Å². The van der Waals surface area contributed by atoms with Gasteiger partial charge in [0.15, 0.2) is 5.03 Å². The Balaban J connectivity index is 2.86. The van der Waals surface area contributed by atoms with Crippen molar-refractivity contribution in [2.75, 3.05) is 6.54 Å².